The number of rotatable bonds is 6. The number of carbonyl (C=O) groups excluding carboxylic acids is 1. The van der Waals surface area contributed by atoms with Crippen LogP contribution in [0, 0.1) is 18.8 Å². The van der Waals surface area contributed by atoms with E-state index in [1.807, 2.05) is 13.0 Å². The van der Waals surface area contributed by atoms with Crippen LogP contribution < -0.4 is 4.74 Å². The van der Waals surface area contributed by atoms with E-state index in [4.69, 9.17) is 9.47 Å². The van der Waals surface area contributed by atoms with E-state index in [-0.39, 0.29) is 11.9 Å². The van der Waals surface area contributed by atoms with Gasteiger partial charge in [0.05, 0.1) is 19.6 Å². The molecule has 0 N–H and O–H groups in total. The number of hydrogen-bond donors (Lipinski definition) is 0. The van der Waals surface area contributed by atoms with E-state index in [2.05, 4.69) is 19.1 Å². The molecule has 1 fully saturated rings. The topological polar surface area (TPSA) is 35.5 Å². The summed E-state index contributed by atoms with van der Waals surface area (Å²) in [6.45, 7) is 4.80. The van der Waals surface area contributed by atoms with E-state index in [0.717, 1.165) is 25.0 Å². The van der Waals surface area contributed by atoms with Crippen molar-refractivity contribution in [2.75, 3.05) is 13.7 Å². The molecule has 104 valence electrons. The van der Waals surface area contributed by atoms with Crippen molar-refractivity contribution in [2.45, 2.75) is 33.1 Å². The van der Waals surface area contributed by atoms with E-state index in [1.165, 1.54) is 18.2 Å². The van der Waals surface area contributed by atoms with Gasteiger partial charge in [-0.3, -0.25) is 4.79 Å². The van der Waals surface area contributed by atoms with E-state index in [9.17, 15) is 4.79 Å². The number of aryl methyl sites for hydroxylation is 2. The van der Waals surface area contributed by atoms with Crippen LogP contribution >= 0.6 is 0 Å². The molecule has 1 aromatic carbocycles. The summed E-state index contributed by atoms with van der Waals surface area (Å²) in [7, 11) is 1.47. The van der Waals surface area contributed by atoms with Crippen LogP contribution in [0.25, 0.3) is 0 Å². The third kappa shape index (κ3) is 3.49. The molecule has 0 heterocycles. The third-order valence-electron chi connectivity index (χ3n) is 3.84. The molecule has 3 heteroatoms. The molecule has 1 aliphatic rings. The highest BCUT2D eigenvalue weighted by Crippen LogP contribution is 2.42. The van der Waals surface area contributed by atoms with E-state index < -0.39 is 0 Å². The molecule has 0 bridgehead atoms. The molecule has 0 saturated heterocycles. The Kier molecular flexibility index (Phi) is 4.46. The zero-order valence-electron chi connectivity index (χ0n) is 11.9. The molecule has 2 unspecified atom stereocenters. The number of hydrogen-bond acceptors (Lipinski definition) is 3. The van der Waals surface area contributed by atoms with Crippen molar-refractivity contribution in [1.29, 1.82) is 0 Å². The van der Waals surface area contributed by atoms with Crippen LogP contribution in [0.15, 0.2) is 18.2 Å². The summed E-state index contributed by atoms with van der Waals surface area (Å²) in [5.41, 5.74) is 2.61. The van der Waals surface area contributed by atoms with Crippen LogP contribution in [0.4, 0.5) is 0 Å². The highest BCUT2D eigenvalue weighted by molar-refractivity contribution is 5.75. The first-order valence-corrected chi connectivity index (χ1v) is 6.95. The molecule has 3 nitrogen and oxygen atoms in total. The first-order chi connectivity index (χ1) is 9.15. The quantitative estimate of drug-likeness (QED) is 0.739. The van der Waals surface area contributed by atoms with E-state index in [0.29, 0.717) is 12.5 Å². The Labute approximate surface area is 114 Å². The summed E-state index contributed by atoms with van der Waals surface area (Å²) in [5, 5.41) is 0. The van der Waals surface area contributed by atoms with Crippen molar-refractivity contribution in [3.8, 4) is 5.75 Å². The lowest BCUT2D eigenvalue weighted by atomic mass is 10.0. The van der Waals surface area contributed by atoms with Gasteiger partial charge in [0, 0.05) is 0 Å². The van der Waals surface area contributed by atoms with Gasteiger partial charge in [0.2, 0.25) is 0 Å². The van der Waals surface area contributed by atoms with Crippen molar-refractivity contribution in [3.63, 3.8) is 0 Å². The molecular weight excluding hydrogens is 240 g/mol. The lowest BCUT2D eigenvalue weighted by molar-refractivity contribution is -0.142. The van der Waals surface area contributed by atoms with Crippen LogP contribution in [0.5, 0.6) is 5.75 Å². The van der Waals surface area contributed by atoms with Crippen LogP contribution in [0.3, 0.4) is 0 Å². The standard InChI is InChI=1S/C16H22O3/c1-4-19-14-8-7-12(11(2)9-14)5-6-13-10-15(13)16(17)18-3/h7-9,13,15H,4-6,10H2,1-3H3. The molecule has 19 heavy (non-hydrogen) atoms. The molecule has 0 aliphatic heterocycles. The Morgan fingerprint density at radius 2 is 2.21 bits per heavy atom. The lowest BCUT2D eigenvalue weighted by Gasteiger charge is -2.09. The smallest absolute Gasteiger partial charge is 0.308 e. The van der Waals surface area contributed by atoms with Gasteiger partial charge in [0.25, 0.3) is 0 Å². The molecule has 0 amide bonds. The second-order valence-corrected chi connectivity index (χ2v) is 5.19. The van der Waals surface area contributed by atoms with Crippen molar-refractivity contribution in [3.05, 3.63) is 29.3 Å². The Hall–Kier alpha value is -1.51. The van der Waals surface area contributed by atoms with Gasteiger partial charge >= 0.3 is 5.97 Å². The second kappa shape index (κ2) is 6.09. The van der Waals surface area contributed by atoms with E-state index >= 15 is 0 Å². The number of ether oxygens (including phenoxy) is 2. The minimum absolute atomic E-state index is 0.0478. The summed E-state index contributed by atoms with van der Waals surface area (Å²) in [4.78, 5) is 11.3. The van der Waals surface area contributed by atoms with Gasteiger partial charge in [-0.15, -0.1) is 0 Å². The first-order valence-electron chi connectivity index (χ1n) is 6.95. The van der Waals surface area contributed by atoms with Crippen LogP contribution in [-0.4, -0.2) is 19.7 Å². The number of benzene rings is 1. The molecule has 2 rings (SSSR count). The predicted octanol–water partition coefficient (Wildman–Crippen LogP) is 3.14. The summed E-state index contributed by atoms with van der Waals surface area (Å²) < 4.78 is 10.2. The maximum atomic E-state index is 11.3. The number of methoxy groups -OCH3 is 1. The Morgan fingerprint density at radius 3 is 2.84 bits per heavy atom. The van der Waals surface area contributed by atoms with Gasteiger partial charge in [-0.1, -0.05) is 6.07 Å². The van der Waals surface area contributed by atoms with Gasteiger partial charge in [0.15, 0.2) is 0 Å². The van der Waals surface area contributed by atoms with Gasteiger partial charge in [0.1, 0.15) is 5.75 Å². The first kappa shape index (κ1) is 13.9. The van der Waals surface area contributed by atoms with Crippen LogP contribution in [0.2, 0.25) is 0 Å². The van der Waals surface area contributed by atoms with Crippen LogP contribution in [-0.2, 0) is 16.0 Å². The predicted molar refractivity (Wildman–Crippen MR) is 74.3 cm³/mol. The van der Waals surface area contributed by atoms with Crippen molar-refractivity contribution >= 4 is 5.97 Å². The normalized spacial score (nSPS) is 21.0. The van der Waals surface area contributed by atoms with Gasteiger partial charge < -0.3 is 9.47 Å². The fourth-order valence-corrected chi connectivity index (χ4v) is 2.55. The second-order valence-electron chi connectivity index (χ2n) is 5.19. The fraction of sp³-hybridized carbons (Fsp3) is 0.562. The zero-order valence-corrected chi connectivity index (χ0v) is 11.9. The molecule has 1 aliphatic carbocycles. The number of carbonyl (C=O) groups is 1. The lowest BCUT2D eigenvalue weighted by Crippen LogP contribution is -2.04. The largest absolute Gasteiger partial charge is 0.494 e. The average molecular weight is 262 g/mol. The molecule has 1 saturated carbocycles. The maximum Gasteiger partial charge on any atom is 0.308 e. The summed E-state index contributed by atoms with van der Waals surface area (Å²) in [6.07, 6.45) is 3.08. The Morgan fingerprint density at radius 1 is 1.42 bits per heavy atom. The van der Waals surface area contributed by atoms with Crippen molar-refractivity contribution < 1.29 is 14.3 Å². The summed E-state index contributed by atoms with van der Waals surface area (Å²) >= 11 is 0. The molecule has 0 radical (unpaired) electrons. The van der Waals surface area contributed by atoms with Crippen molar-refractivity contribution in [2.24, 2.45) is 11.8 Å². The third-order valence-corrected chi connectivity index (χ3v) is 3.84. The highest BCUT2D eigenvalue weighted by Gasteiger charge is 2.43. The summed E-state index contributed by atoms with van der Waals surface area (Å²) in [6, 6.07) is 6.25. The minimum Gasteiger partial charge on any atom is -0.494 e. The van der Waals surface area contributed by atoms with Crippen LogP contribution in [0.1, 0.15) is 30.9 Å². The minimum atomic E-state index is -0.0478. The maximum absolute atomic E-state index is 11.3. The summed E-state index contributed by atoms with van der Waals surface area (Å²) in [5.74, 6) is 1.54. The van der Waals surface area contributed by atoms with E-state index in [1.54, 1.807) is 0 Å². The molecule has 2 atom stereocenters. The highest BCUT2D eigenvalue weighted by atomic mass is 16.5. The van der Waals surface area contributed by atoms with Gasteiger partial charge in [-0.2, -0.15) is 0 Å². The average Bonchev–Trinajstić information content (AvgIpc) is 3.17. The Bertz CT molecular complexity index is 453. The monoisotopic (exact) mass is 262 g/mol. The Balaban J connectivity index is 1.85. The van der Waals surface area contributed by atoms with Gasteiger partial charge in [-0.25, -0.2) is 0 Å². The molecular formula is C16H22O3. The molecule has 1 aromatic rings. The van der Waals surface area contributed by atoms with Gasteiger partial charge in [-0.05, 0) is 62.3 Å². The number of esters is 1. The molecule has 0 aromatic heterocycles. The molecule has 0 spiro atoms. The zero-order chi connectivity index (χ0) is 13.8. The SMILES string of the molecule is CCOc1ccc(CCC2CC2C(=O)OC)c(C)c1. The van der Waals surface area contributed by atoms with Crippen molar-refractivity contribution in [1.82, 2.24) is 0 Å². The fourth-order valence-electron chi connectivity index (χ4n) is 2.55.